The van der Waals surface area contributed by atoms with E-state index in [1.807, 2.05) is 4.90 Å². The van der Waals surface area contributed by atoms with Gasteiger partial charge in [0.05, 0.1) is 18.9 Å². The van der Waals surface area contributed by atoms with E-state index >= 15 is 0 Å². The fraction of sp³-hybridized carbons (Fsp3) is 0.467. The molecule has 0 atom stereocenters. The van der Waals surface area contributed by atoms with Crippen LogP contribution in [0.5, 0.6) is 0 Å². The number of alkyl halides is 3. The highest BCUT2D eigenvalue weighted by Gasteiger charge is 2.34. The van der Waals surface area contributed by atoms with Gasteiger partial charge in [-0.05, 0) is 0 Å². The van der Waals surface area contributed by atoms with Crippen LogP contribution in [0.4, 0.5) is 19.0 Å². The first-order valence-corrected chi connectivity index (χ1v) is 8.23. The van der Waals surface area contributed by atoms with Gasteiger partial charge in [-0.1, -0.05) is 0 Å². The summed E-state index contributed by atoms with van der Waals surface area (Å²) in [6.45, 7) is 4.45. The van der Waals surface area contributed by atoms with Crippen LogP contribution in [0.15, 0.2) is 31.0 Å². The molecule has 0 radical (unpaired) electrons. The zero-order valence-electron chi connectivity index (χ0n) is 13.8. The van der Waals surface area contributed by atoms with Crippen molar-refractivity contribution >= 4 is 11.5 Å². The third kappa shape index (κ3) is 3.34. The lowest BCUT2D eigenvalue weighted by Gasteiger charge is -2.35. The Balaban J connectivity index is 1.45. The van der Waals surface area contributed by atoms with Gasteiger partial charge < -0.3 is 9.30 Å². The van der Waals surface area contributed by atoms with E-state index in [0.717, 1.165) is 25.8 Å². The summed E-state index contributed by atoms with van der Waals surface area (Å²) in [5.74, 6) is 0.483. The highest BCUT2D eigenvalue weighted by Crippen LogP contribution is 2.30. The van der Waals surface area contributed by atoms with Crippen LogP contribution >= 0.6 is 0 Å². The van der Waals surface area contributed by atoms with Crippen LogP contribution < -0.4 is 4.90 Å². The van der Waals surface area contributed by atoms with Crippen LogP contribution in [0.2, 0.25) is 0 Å². The molecule has 138 valence electrons. The van der Waals surface area contributed by atoms with Crippen LogP contribution in [0, 0.1) is 0 Å². The van der Waals surface area contributed by atoms with E-state index in [0.29, 0.717) is 25.5 Å². The average Bonchev–Trinajstić information content (AvgIpc) is 3.29. The van der Waals surface area contributed by atoms with Crippen molar-refractivity contribution in [3.63, 3.8) is 0 Å². The highest BCUT2D eigenvalue weighted by atomic mass is 19.4. The third-order valence-corrected chi connectivity index (χ3v) is 4.40. The molecular formula is C15H17F3N8. The number of anilines is 1. The maximum atomic E-state index is 12.9. The van der Waals surface area contributed by atoms with Gasteiger partial charge in [0.1, 0.15) is 0 Å². The summed E-state index contributed by atoms with van der Waals surface area (Å²) in [6.07, 6.45) is 2.79. The Labute approximate surface area is 146 Å². The van der Waals surface area contributed by atoms with E-state index in [-0.39, 0.29) is 5.65 Å². The number of imidazole rings is 1. The summed E-state index contributed by atoms with van der Waals surface area (Å²) < 4.78 is 40.1. The quantitative estimate of drug-likeness (QED) is 0.690. The number of halogens is 3. The van der Waals surface area contributed by atoms with Crippen LogP contribution in [0.25, 0.3) is 5.65 Å². The monoisotopic (exact) mass is 366 g/mol. The topological polar surface area (TPSA) is 67.4 Å². The van der Waals surface area contributed by atoms with Crippen LogP contribution in [0.3, 0.4) is 0 Å². The second-order valence-electron chi connectivity index (χ2n) is 6.06. The first-order chi connectivity index (χ1) is 12.5. The number of hydrogen-bond donors (Lipinski definition) is 0. The summed E-state index contributed by atoms with van der Waals surface area (Å²) in [7, 11) is 0. The molecule has 1 aliphatic heterocycles. The Morgan fingerprint density at radius 2 is 1.69 bits per heavy atom. The third-order valence-electron chi connectivity index (χ3n) is 4.40. The number of nitrogens with zero attached hydrogens (tertiary/aromatic N) is 8. The zero-order chi connectivity index (χ0) is 18.1. The lowest BCUT2D eigenvalue weighted by atomic mass is 10.3. The molecule has 0 aromatic carbocycles. The smallest absolute Gasteiger partial charge is 0.351 e. The molecule has 1 aliphatic rings. The van der Waals surface area contributed by atoms with Crippen molar-refractivity contribution in [3.8, 4) is 0 Å². The lowest BCUT2D eigenvalue weighted by Crippen LogP contribution is -2.47. The van der Waals surface area contributed by atoms with Crippen molar-refractivity contribution in [1.29, 1.82) is 0 Å². The van der Waals surface area contributed by atoms with Crippen LogP contribution in [-0.2, 0) is 12.7 Å². The molecule has 0 amide bonds. The van der Waals surface area contributed by atoms with E-state index in [9.17, 15) is 13.2 Å². The Bertz CT molecular complexity index is 865. The summed E-state index contributed by atoms with van der Waals surface area (Å²) in [5, 5.41) is 8.15. The predicted molar refractivity (Wildman–Crippen MR) is 86.7 cm³/mol. The maximum absolute atomic E-state index is 12.9. The second-order valence-corrected chi connectivity index (χ2v) is 6.06. The highest BCUT2D eigenvalue weighted by molar-refractivity contribution is 5.64. The number of fused-ring (bicyclic) bond motifs is 1. The largest absolute Gasteiger partial charge is 0.434 e. The summed E-state index contributed by atoms with van der Waals surface area (Å²) in [4.78, 5) is 13.9. The van der Waals surface area contributed by atoms with Gasteiger partial charge in [-0.3, -0.25) is 4.90 Å². The molecular weight excluding hydrogens is 349 g/mol. The van der Waals surface area contributed by atoms with Gasteiger partial charge in [-0.2, -0.15) is 28.2 Å². The van der Waals surface area contributed by atoms with E-state index in [1.54, 1.807) is 17.2 Å². The minimum absolute atomic E-state index is 0.231. The van der Waals surface area contributed by atoms with Gasteiger partial charge in [0.2, 0.25) is 0 Å². The molecule has 11 heteroatoms. The molecule has 0 aliphatic carbocycles. The minimum Gasteiger partial charge on any atom is -0.351 e. The Morgan fingerprint density at radius 3 is 2.38 bits per heavy atom. The Hall–Kier alpha value is -2.69. The lowest BCUT2D eigenvalue weighted by molar-refractivity contribution is -0.140. The normalized spacial score (nSPS) is 16.5. The molecule has 26 heavy (non-hydrogen) atoms. The molecule has 0 N–H and O–H groups in total. The van der Waals surface area contributed by atoms with Crippen molar-refractivity contribution in [2.75, 3.05) is 37.6 Å². The van der Waals surface area contributed by atoms with Crippen molar-refractivity contribution in [3.05, 3.63) is 36.7 Å². The van der Waals surface area contributed by atoms with Crippen molar-refractivity contribution < 1.29 is 13.2 Å². The van der Waals surface area contributed by atoms with Gasteiger partial charge in [0.25, 0.3) is 0 Å². The van der Waals surface area contributed by atoms with Gasteiger partial charge in [-0.15, -0.1) is 0 Å². The number of aromatic nitrogens is 6. The van der Waals surface area contributed by atoms with Gasteiger partial charge in [0.15, 0.2) is 17.2 Å². The molecule has 3 aromatic rings. The van der Waals surface area contributed by atoms with Gasteiger partial charge in [-0.25, -0.2) is 9.97 Å². The van der Waals surface area contributed by atoms with E-state index < -0.39 is 11.9 Å². The molecule has 1 saturated heterocycles. The predicted octanol–water partition coefficient (Wildman–Crippen LogP) is 1.16. The Kier molecular flexibility index (Phi) is 4.23. The Morgan fingerprint density at radius 1 is 0.962 bits per heavy atom. The zero-order valence-corrected chi connectivity index (χ0v) is 13.8. The summed E-state index contributed by atoms with van der Waals surface area (Å²) in [6, 6.07) is 0. The van der Waals surface area contributed by atoms with E-state index in [2.05, 4.69) is 25.1 Å². The minimum atomic E-state index is -4.47. The fourth-order valence-electron chi connectivity index (χ4n) is 3.04. The average molecular weight is 366 g/mol. The first kappa shape index (κ1) is 16.8. The summed E-state index contributed by atoms with van der Waals surface area (Å²) in [5.41, 5.74) is -0.675. The van der Waals surface area contributed by atoms with Crippen LogP contribution in [0.1, 0.15) is 5.69 Å². The van der Waals surface area contributed by atoms with Gasteiger partial charge in [0, 0.05) is 51.3 Å². The van der Waals surface area contributed by atoms with Crippen molar-refractivity contribution in [2.45, 2.75) is 12.7 Å². The van der Waals surface area contributed by atoms with Crippen LogP contribution in [-0.4, -0.2) is 67.0 Å². The van der Waals surface area contributed by atoms with E-state index in [1.165, 1.54) is 16.8 Å². The van der Waals surface area contributed by atoms with Crippen molar-refractivity contribution in [2.24, 2.45) is 0 Å². The maximum Gasteiger partial charge on any atom is 0.434 e. The standard InChI is InChI=1S/C15H17F3N8/c16-15(17,18)12-11-25-4-3-19-13(14(25)22-12)24-8-5-23(6-9-24)7-10-26-20-1-2-21-26/h1-4,11H,5-10H2. The number of rotatable bonds is 4. The second kappa shape index (κ2) is 6.56. The molecule has 0 bridgehead atoms. The molecule has 4 rings (SSSR count). The molecule has 0 spiro atoms. The summed E-state index contributed by atoms with van der Waals surface area (Å²) >= 11 is 0. The molecule has 0 unspecified atom stereocenters. The number of piperazine rings is 1. The first-order valence-electron chi connectivity index (χ1n) is 8.23. The van der Waals surface area contributed by atoms with Gasteiger partial charge >= 0.3 is 6.18 Å². The van der Waals surface area contributed by atoms with E-state index in [4.69, 9.17) is 0 Å². The fourth-order valence-corrected chi connectivity index (χ4v) is 3.04. The van der Waals surface area contributed by atoms with Crippen molar-refractivity contribution in [1.82, 2.24) is 34.3 Å². The molecule has 8 nitrogen and oxygen atoms in total. The molecule has 3 aromatic heterocycles. The molecule has 1 fully saturated rings. The molecule has 0 saturated carbocycles. The molecule has 4 heterocycles. The number of hydrogen-bond acceptors (Lipinski definition) is 6. The SMILES string of the molecule is FC(F)(F)c1cn2ccnc(N3CCN(CCn4nccn4)CC3)c2n1.